The van der Waals surface area contributed by atoms with E-state index in [1.54, 1.807) is 0 Å². The fourth-order valence-electron chi connectivity index (χ4n) is 4.88. The number of carbonyl (C=O) groups excluding carboxylic acids is 1. The Bertz CT molecular complexity index is 956. The van der Waals surface area contributed by atoms with Crippen LogP contribution in [0.4, 0.5) is 5.69 Å². The van der Waals surface area contributed by atoms with Gasteiger partial charge in [0, 0.05) is 23.2 Å². The molecule has 0 amide bonds. The molecule has 0 radical (unpaired) electrons. The molecule has 2 N–H and O–H groups in total. The molecule has 0 aromatic heterocycles. The number of rotatable bonds is 5. The highest BCUT2D eigenvalue weighted by Gasteiger charge is 2.37. The maximum Gasteiger partial charge on any atom is 0.163 e. The third-order valence-corrected chi connectivity index (χ3v) is 6.55. The van der Waals surface area contributed by atoms with E-state index in [1.165, 1.54) is 11.1 Å². The standard InChI is InChI=1S/C26H31NO2/c1-17(18-10-5-4-6-11-18)9-7-12-19-15-22-20(16-24(19)29)25-21(26(2,3)27-22)13-8-14-23(25)28/h4-6,10-11,15-17,27,29H,7-9,12-14H2,1-3H3. The molecule has 1 unspecified atom stereocenters. The Morgan fingerprint density at radius 1 is 1.14 bits per heavy atom. The number of aryl methyl sites for hydroxylation is 1. The minimum absolute atomic E-state index is 0.214. The van der Waals surface area contributed by atoms with Crippen LogP contribution in [0, 0.1) is 0 Å². The van der Waals surface area contributed by atoms with Gasteiger partial charge in [-0.05, 0) is 80.7 Å². The highest BCUT2D eigenvalue weighted by atomic mass is 16.3. The first-order chi connectivity index (χ1) is 13.9. The first-order valence-electron chi connectivity index (χ1n) is 10.8. The number of phenolic OH excluding ortho intramolecular Hbond substituents is 1. The normalized spacial score (nSPS) is 18.7. The number of hydrogen-bond acceptors (Lipinski definition) is 3. The fourth-order valence-corrected chi connectivity index (χ4v) is 4.88. The number of fused-ring (bicyclic) bond motifs is 2. The van der Waals surface area contributed by atoms with Gasteiger partial charge in [0.25, 0.3) is 0 Å². The summed E-state index contributed by atoms with van der Waals surface area (Å²) in [4.78, 5) is 12.7. The maximum absolute atomic E-state index is 12.7. The Labute approximate surface area is 173 Å². The van der Waals surface area contributed by atoms with Crippen molar-refractivity contribution < 1.29 is 9.90 Å². The van der Waals surface area contributed by atoms with Crippen molar-refractivity contribution in [3.8, 4) is 5.75 Å². The fraction of sp³-hybridized carbons (Fsp3) is 0.423. The Morgan fingerprint density at radius 3 is 2.66 bits per heavy atom. The largest absolute Gasteiger partial charge is 0.508 e. The average Bonchev–Trinajstić information content (AvgIpc) is 2.70. The number of carbonyl (C=O) groups is 1. The number of hydrogen-bond donors (Lipinski definition) is 2. The van der Waals surface area contributed by atoms with Crippen LogP contribution in [0.5, 0.6) is 5.75 Å². The van der Waals surface area contributed by atoms with Gasteiger partial charge >= 0.3 is 0 Å². The Balaban J connectivity index is 1.55. The molecule has 3 heteroatoms. The van der Waals surface area contributed by atoms with Gasteiger partial charge in [0.05, 0.1) is 5.54 Å². The zero-order chi connectivity index (χ0) is 20.6. The third-order valence-electron chi connectivity index (χ3n) is 6.55. The van der Waals surface area contributed by atoms with E-state index in [-0.39, 0.29) is 11.3 Å². The quantitative estimate of drug-likeness (QED) is 0.596. The number of aromatic hydroxyl groups is 1. The minimum Gasteiger partial charge on any atom is -0.508 e. The van der Waals surface area contributed by atoms with Crippen LogP contribution >= 0.6 is 0 Å². The molecule has 1 aliphatic carbocycles. The van der Waals surface area contributed by atoms with Crippen molar-refractivity contribution in [2.45, 2.75) is 70.8 Å². The summed E-state index contributed by atoms with van der Waals surface area (Å²) in [5, 5.41) is 14.3. The van der Waals surface area contributed by atoms with Crippen molar-refractivity contribution >= 4 is 17.0 Å². The van der Waals surface area contributed by atoms with Gasteiger partial charge in [-0.15, -0.1) is 0 Å². The van der Waals surface area contributed by atoms with E-state index in [9.17, 15) is 9.90 Å². The van der Waals surface area contributed by atoms with E-state index in [4.69, 9.17) is 0 Å². The number of ketones is 1. The van der Waals surface area contributed by atoms with E-state index in [0.29, 0.717) is 18.1 Å². The molecule has 1 aliphatic heterocycles. The first-order valence-corrected chi connectivity index (χ1v) is 10.8. The van der Waals surface area contributed by atoms with Gasteiger partial charge in [-0.2, -0.15) is 0 Å². The van der Waals surface area contributed by atoms with Crippen LogP contribution in [0.25, 0.3) is 5.57 Å². The van der Waals surface area contributed by atoms with Crippen LogP contribution < -0.4 is 5.32 Å². The molecule has 0 saturated heterocycles. The molecule has 29 heavy (non-hydrogen) atoms. The van der Waals surface area contributed by atoms with E-state index in [2.05, 4.69) is 56.4 Å². The molecular weight excluding hydrogens is 358 g/mol. The molecule has 3 nitrogen and oxygen atoms in total. The molecule has 2 aliphatic rings. The molecule has 0 saturated carbocycles. The van der Waals surface area contributed by atoms with Gasteiger partial charge < -0.3 is 10.4 Å². The molecule has 2 aromatic rings. The van der Waals surface area contributed by atoms with E-state index < -0.39 is 0 Å². The summed E-state index contributed by atoms with van der Waals surface area (Å²) in [7, 11) is 0. The SMILES string of the molecule is CC(CCCc1cc2c(cc1O)C1=C(CCCC1=O)C(C)(C)N2)c1ccccc1. The number of anilines is 1. The zero-order valence-electron chi connectivity index (χ0n) is 17.7. The van der Waals surface area contributed by atoms with Crippen LogP contribution in [0.1, 0.15) is 75.5 Å². The number of Topliss-reactive ketones (excluding diaryl/α,β-unsaturated/α-hetero) is 1. The molecule has 1 heterocycles. The van der Waals surface area contributed by atoms with Crippen molar-refractivity contribution in [1.82, 2.24) is 0 Å². The maximum atomic E-state index is 12.7. The number of nitrogens with one attached hydrogen (secondary N) is 1. The van der Waals surface area contributed by atoms with Crippen molar-refractivity contribution in [2.24, 2.45) is 0 Å². The van der Waals surface area contributed by atoms with Gasteiger partial charge in [-0.3, -0.25) is 4.79 Å². The van der Waals surface area contributed by atoms with Gasteiger partial charge in [-0.1, -0.05) is 37.3 Å². The van der Waals surface area contributed by atoms with Gasteiger partial charge in [0.2, 0.25) is 0 Å². The minimum atomic E-state index is -0.228. The molecule has 1 atom stereocenters. The molecule has 2 aromatic carbocycles. The lowest BCUT2D eigenvalue weighted by Gasteiger charge is -2.40. The topological polar surface area (TPSA) is 49.3 Å². The van der Waals surface area contributed by atoms with E-state index >= 15 is 0 Å². The number of allylic oxidation sites excluding steroid dienone is 1. The predicted molar refractivity (Wildman–Crippen MR) is 119 cm³/mol. The lowest BCUT2D eigenvalue weighted by atomic mass is 9.74. The highest BCUT2D eigenvalue weighted by molar-refractivity contribution is 6.24. The summed E-state index contributed by atoms with van der Waals surface area (Å²) < 4.78 is 0. The lowest BCUT2D eigenvalue weighted by Crippen LogP contribution is -2.39. The highest BCUT2D eigenvalue weighted by Crippen LogP contribution is 2.46. The molecule has 0 spiro atoms. The van der Waals surface area contributed by atoms with Gasteiger partial charge in [0.1, 0.15) is 5.75 Å². The number of phenols is 1. The summed E-state index contributed by atoms with van der Waals surface area (Å²) in [5.41, 5.74) is 5.98. The monoisotopic (exact) mass is 389 g/mol. The Morgan fingerprint density at radius 2 is 1.90 bits per heavy atom. The molecular formula is C26H31NO2. The molecule has 0 fully saturated rings. The van der Waals surface area contributed by atoms with Crippen molar-refractivity contribution in [2.75, 3.05) is 5.32 Å². The second-order valence-electron chi connectivity index (χ2n) is 9.11. The first kappa shape index (κ1) is 19.8. The summed E-state index contributed by atoms with van der Waals surface area (Å²) in [5.74, 6) is 1.02. The van der Waals surface area contributed by atoms with Crippen LogP contribution in [-0.4, -0.2) is 16.4 Å². The molecule has 0 bridgehead atoms. The average molecular weight is 390 g/mol. The van der Waals surface area contributed by atoms with E-state index in [0.717, 1.165) is 54.5 Å². The summed E-state index contributed by atoms with van der Waals surface area (Å²) in [6, 6.07) is 14.5. The third kappa shape index (κ3) is 3.83. The molecule has 4 rings (SSSR count). The van der Waals surface area contributed by atoms with Gasteiger partial charge in [-0.25, -0.2) is 0 Å². The predicted octanol–water partition coefficient (Wildman–Crippen LogP) is 6.23. The van der Waals surface area contributed by atoms with Crippen LogP contribution in [0.2, 0.25) is 0 Å². The lowest BCUT2D eigenvalue weighted by molar-refractivity contribution is -0.114. The second kappa shape index (κ2) is 7.70. The van der Waals surface area contributed by atoms with Crippen molar-refractivity contribution in [3.05, 3.63) is 64.7 Å². The molecule has 152 valence electrons. The van der Waals surface area contributed by atoms with Crippen molar-refractivity contribution in [3.63, 3.8) is 0 Å². The summed E-state index contributed by atoms with van der Waals surface area (Å²) in [6.45, 7) is 6.56. The van der Waals surface area contributed by atoms with Crippen LogP contribution in [0.15, 0.2) is 48.0 Å². The van der Waals surface area contributed by atoms with Crippen molar-refractivity contribution in [1.29, 1.82) is 0 Å². The smallest absolute Gasteiger partial charge is 0.163 e. The van der Waals surface area contributed by atoms with E-state index in [1.807, 2.05) is 12.1 Å². The van der Waals surface area contributed by atoms with Crippen LogP contribution in [-0.2, 0) is 11.2 Å². The Hall–Kier alpha value is -2.55. The summed E-state index contributed by atoms with van der Waals surface area (Å²) >= 11 is 0. The zero-order valence-corrected chi connectivity index (χ0v) is 17.7. The van der Waals surface area contributed by atoms with Gasteiger partial charge in [0.15, 0.2) is 5.78 Å². The Kier molecular flexibility index (Phi) is 5.24. The van der Waals surface area contributed by atoms with Crippen LogP contribution in [0.3, 0.4) is 0 Å². The number of benzene rings is 2. The summed E-state index contributed by atoms with van der Waals surface area (Å²) in [6.07, 6.45) is 5.39. The second-order valence-corrected chi connectivity index (χ2v) is 9.11.